The molecule has 27 heavy (non-hydrogen) atoms. The fourth-order valence-electron chi connectivity index (χ4n) is 2.53. The molecule has 0 spiro atoms. The molecule has 0 radical (unpaired) electrons. The first-order valence-corrected chi connectivity index (χ1v) is 8.25. The molecule has 3 aromatic rings. The van der Waals surface area contributed by atoms with Gasteiger partial charge in [0, 0.05) is 5.56 Å². The molecule has 0 saturated heterocycles. The molecule has 0 aliphatic carbocycles. The topological polar surface area (TPSA) is 92.9 Å². The monoisotopic (exact) mass is 368 g/mol. The summed E-state index contributed by atoms with van der Waals surface area (Å²) in [5, 5.41) is 3.89. The number of hydrogen-bond donors (Lipinski definition) is 0. The Morgan fingerprint density at radius 1 is 1.15 bits per heavy atom. The molecule has 4 rings (SSSR count). The third-order valence-electron chi connectivity index (χ3n) is 3.93. The minimum atomic E-state index is -0.844. The van der Waals surface area contributed by atoms with Crippen LogP contribution in [0.25, 0.3) is 11.4 Å². The average molecular weight is 368 g/mol. The molecule has 2 heterocycles. The highest BCUT2D eigenvalue weighted by Gasteiger charge is 2.29. The first kappa shape index (κ1) is 16.9. The Labute approximate surface area is 154 Å². The number of carbonyl (C=O) groups excluding carboxylic acids is 1. The Kier molecular flexibility index (Phi) is 4.61. The standard InChI is InChI=1S/C19H16N2O6/c1-23-13-8-6-12(7-9-13)18-20-17(27-21-18)11-25-19(22)16-10-24-14-4-2-3-5-15(14)26-16/h2-9,16H,10-11H2,1H3. The van der Waals surface area contributed by atoms with E-state index in [1.165, 1.54) is 0 Å². The second-order valence-corrected chi connectivity index (χ2v) is 5.71. The van der Waals surface area contributed by atoms with E-state index in [4.69, 9.17) is 23.5 Å². The van der Waals surface area contributed by atoms with Crippen molar-refractivity contribution in [3.63, 3.8) is 0 Å². The maximum Gasteiger partial charge on any atom is 0.351 e. The van der Waals surface area contributed by atoms with Crippen molar-refractivity contribution in [2.45, 2.75) is 12.7 Å². The zero-order valence-corrected chi connectivity index (χ0v) is 14.5. The van der Waals surface area contributed by atoms with E-state index < -0.39 is 12.1 Å². The maximum atomic E-state index is 12.2. The van der Waals surface area contributed by atoms with Gasteiger partial charge in [0.2, 0.25) is 11.9 Å². The number of aromatic nitrogens is 2. The van der Waals surface area contributed by atoms with E-state index in [1.807, 2.05) is 18.2 Å². The number of ether oxygens (including phenoxy) is 4. The molecule has 0 saturated carbocycles. The van der Waals surface area contributed by atoms with Crippen LogP contribution in [0.1, 0.15) is 5.89 Å². The van der Waals surface area contributed by atoms with Gasteiger partial charge in [-0.3, -0.25) is 0 Å². The van der Waals surface area contributed by atoms with Crippen LogP contribution in [-0.2, 0) is 16.1 Å². The molecule has 0 N–H and O–H groups in total. The first-order chi connectivity index (χ1) is 13.2. The average Bonchev–Trinajstić information content (AvgIpc) is 3.21. The minimum Gasteiger partial charge on any atom is -0.497 e. The van der Waals surface area contributed by atoms with Gasteiger partial charge in [-0.05, 0) is 36.4 Å². The zero-order valence-electron chi connectivity index (χ0n) is 14.5. The second-order valence-electron chi connectivity index (χ2n) is 5.71. The van der Waals surface area contributed by atoms with Gasteiger partial charge in [-0.15, -0.1) is 0 Å². The molecule has 8 nitrogen and oxygen atoms in total. The van der Waals surface area contributed by atoms with Crippen LogP contribution in [-0.4, -0.2) is 35.9 Å². The Balaban J connectivity index is 1.35. The summed E-state index contributed by atoms with van der Waals surface area (Å²) in [5.74, 6) is 1.86. The van der Waals surface area contributed by atoms with Gasteiger partial charge >= 0.3 is 5.97 Å². The highest BCUT2D eigenvalue weighted by Crippen LogP contribution is 2.31. The van der Waals surface area contributed by atoms with Gasteiger partial charge in [0.15, 0.2) is 18.1 Å². The third-order valence-corrected chi connectivity index (χ3v) is 3.93. The summed E-state index contributed by atoms with van der Waals surface area (Å²) in [6.07, 6.45) is -0.844. The van der Waals surface area contributed by atoms with Crippen LogP contribution < -0.4 is 14.2 Å². The fourth-order valence-corrected chi connectivity index (χ4v) is 2.53. The second kappa shape index (κ2) is 7.36. The molecule has 0 amide bonds. The summed E-state index contributed by atoms with van der Waals surface area (Å²) >= 11 is 0. The van der Waals surface area contributed by atoms with Gasteiger partial charge in [0.1, 0.15) is 12.4 Å². The van der Waals surface area contributed by atoms with Gasteiger partial charge in [-0.2, -0.15) is 4.98 Å². The van der Waals surface area contributed by atoms with E-state index in [1.54, 1.807) is 37.4 Å². The van der Waals surface area contributed by atoms with Crippen LogP contribution in [0.5, 0.6) is 17.2 Å². The van der Waals surface area contributed by atoms with Crippen LogP contribution in [0.15, 0.2) is 53.1 Å². The summed E-state index contributed by atoms with van der Waals surface area (Å²) in [6, 6.07) is 14.3. The lowest BCUT2D eigenvalue weighted by Gasteiger charge is -2.24. The van der Waals surface area contributed by atoms with Gasteiger partial charge in [0.05, 0.1) is 7.11 Å². The molecular formula is C19H16N2O6. The Morgan fingerprint density at radius 3 is 2.70 bits per heavy atom. The molecular weight excluding hydrogens is 352 g/mol. The summed E-state index contributed by atoms with van der Waals surface area (Å²) in [4.78, 5) is 16.4. The van der Waals surface area contributed by atoms with Crippen molar-refractivity contribution in [2.75, 3.05) is 13.7 Å². The van der Waals surface area contributed by atoms with Gasteiger partial charge in [-0.25, -0.2) is 4.79 Å². The SMILES string of the molecule is COc1ccc(-c2noc(COC(=O)C3COc4ccccc4O3)n2)cc1. The number of fused-ring (bicyclic) bond motifs is 1. The Hall–Kier alpha value is -3.55. The maximum absolute atomic E-state index is 12.2. The van der Waals surface area contributed by atoms with Crippen molar-refractivity contribution < 1.29 is 28.3 Å². The molecule has 138 valence electrons. The molecule has 1 aliphatic heterocycles. The molecule has 2 aromatic carbocycles. The largest absolute Gasteiger partial charge is 0.497 e. The van der Waals surface area contributed by atoms with E-state index in [9.17, 15) is 4.79 Å². The van der Waals surface area contributed by atoms with E-state index >= 15 is 0 Å². The number of rotatable bonds is 5. The molecule has 1 aromatic heterocycles. The van der Waals surface area contributed by atoms with E-state index in [0.29, 0.717) is 17.3 Å². The van der Waals surface area contributed by atoms with Crippen LogP contribution in [0.4, 0.5) is 0 Å². The lowest BCUT2D eigenvalue weighted by atomic mass is 10.2. The number of carbonyl (C=O) groups is 1. The summed E-state index contributed by atoms with van der Waals surface area (Å²) in [5.41, 5.74) is 0.762. The smallest absolute Gasteiger partial charge is 0.351 e. The number of hydrogen-bond acceptors (Lipinski definition) is 8. The van der Waals surface area contributed by atoms with E-state index in [2.05, 4.69) is 10.1 Å². The summed E-state index contributed by atoms with van der Waals surface area (Å²) in [6.45, 7) is -0.0692. The van der Waals surface area contributed by atoms with Crippen LogP contribution in [0.3, 0.4) is 0 Å². The summed E-state index contributed by atoms with van der Waals surface area (Å²) in [7, 11) is 1.59. The third kappa shape index (κ3) is 3.69. The lowest BCUT2D eigenvalue weighted by Crippen LogP contribution is -2.37. The normalized spacial score (nSPS) is 15.2. The number of nitrogens with zero attached hydrogens (tertiary/aromatic N) is 2. The molecule has 8 heteroatoms. The minimum absolute atomic E-state index is 0.0801. The number of para-hydroxylation sites is 2. The van der Waals surface area contributed by atoms with Crippen molar-refractivity contribution in [3.8, 4) is 28.6 Å². The molecule has 0 fully saturated rings. The van der Waals surface area contributed by atoms with Crippen molar-refractivity contribution in [3.05, 3.63) is 54.4 Å². The van der Waals surface area contributed by atoms with Crippen molar-refractivity contribution in [1.82, 2.24) is 10.1 Å². The summed E-state index contributed by atoms with van der Waals surface area (Å²) < 4.78 is 26.6. The molecule has 1 atom stereocenters. The van der Waals surface area contributed by atoms with E-state index in [-0.39, 0.29) is 19.1 Å². The number of benzene rings is 2. The lowest BCUT2D eigenvalue weighted by molar-refractivity contribution is -0.156. The predicted octanol–water partition coefficient (Wildman–Crippen LogP) is 2.63. The number of methoxy groups -OCH3 is 1. The van der Waals surface area contributed by atoms with Gasteiger partial charge in [-0.1, -0.05) is 17.3 Å². The Bertz CT molecular complexity index is 937. The Morgan fingerprint density at radius 2 is 1.93 bits per heavy atom. The van der Waals surface area contributed by atoms with E-state index in [0.717, 1.165) is 11.3 Å². The van der Waals surface area contributed by atoms with Crippen molar-refractivity contribution in [1.29, 1.82) is 0 Å². The van der Waals surface area contributed by atoms with Crippen LogP contribution >= 0.6 is 0 Å². The van der Waals surface area contributed by atoms with Crippen molar-refractivity contribution >= 4 is 5.97 Å². The molecule has 1 aliphatic rings. The highest BCUT2D eigenvalue weighted by atomic mass is 16.6. The fraction of sp³-hybridized carbons (Fsp3) is 0.211. The quantitative estimate of drug-likeness (QED) is 0.635. The van der Waals surface area contributed by atoms with Crippen LogP contribution in [0.2, 0.25) is 0 Å². The van der Waals surface area contributed by atoms with Crippen molar-refractivity contribution in [2.24, 2.45) is 0 Å². The number of esters is 1. The molecule has 0 bridgehead atoms. The molecule has 1 unspecified atom stereocenters. The van der Waals surface area contributed by atoms with Gasteiger partial charge < -0.3 is 23.5 Å². The first-order valence-electron chi connectivity index (χ1n) is 8.25. The predicted molar refractivity (Wildman–Crippen MR) is 92.4 cm³/mol. The van der Waals surface area contributed by atoms with Crippen LogP contribution in [0, 0.1) is 0 Å². The highest BCUT2D eigenvalue weighted by molar-refractivity contribution is 5.76. The van der Waals surface area contributed by atoms with Gasteiger partial charge in [0.25, 0.3) is 5.89 Å². The zero-order chi connectivity index (χ0) is 18.6.